The van der Waals surface area contributed by atoms with Crippen molar-refractivity contribution in [3.05, 3.63) is 62.0 Å². The standard InChI is InChI=1S/C19H17Cl2NO4S/c1-25-18-7-5-13(8-12-4-6-16(20)17(21)9-12)19(26-2)15(18)10-14(11-22)27(3,23)24/h4-7,9-10H,8H2,1-3H3/b14-10+. The van der Waals surface area contributed by atoms with Gasteiger partial charge in [-0.05, 0) is 35.4 Å². The minimum absolute atomic E-state index is 0.375. The molecule has 2 aromatic rings. The van der Waals surface area contributed by atoms with Gasteiger partial charge in [0.05, 0.1) is 29.8 Å². The van der Waals surface area contributed by atoms with Crippen LogP contribution in [0.4, 0.5) is 0 Å². The Morgan fingerprint density at radius 2 is 1.85 bits per heavy atom. The third-order valence-corrected chi connectivity index (χ3v) is 5.57. The number of nitrogens with zero attached hydrogens (tertiary/aromatic N) is 1. The minimum Gasteiger partial charge on any atom is -0.496 e. The van der Waals surface area contributed by atoms with E-state index < -0.39 is 9.84 Å². The van der Waals surface area contributed by atoms with Crippen molar-refractivity contribution < 1.29 is 17.9 Å². The molecule has 0 aliphatic heterocycles. The first-order valence-corrected chi connectivity index (χ1v) is 10.4. The number of benzene rings is 2. The summed E-state index contributed by atoms with van der Waals surface area (Å²) >= 11 is 12.0. The molecule has 2 aromatic carbocycles. The second-order valence-corrected chi connectivity index (χ2v) is 8.49. The summed E-state index contributed by atoms with van der Waals surface area (Å²) in [5, 5.41) is 10.1. The first-order chi connectivity index (χ1) is 12.7. The number of ether oxygens (including phenoxy) is 2. The normalized spacial score (nSPS) is 11.8. The molecule has 0 N–H and O–H groups in total. The van der Waals surface area contributed by atoms with Crippen LogP contribution in [0.1, 0.15) is 16.7 Å². The number of sulfone groups is 1. The molecule has 27 heavy (non-hydrogen) atoms. The number of hydrogen-bond donors (Lipinski definition) is 0. The average Bonchev–Trinajstić information content (AvgIpc) is 2.61. The first kappa shape index (κ1) is 21.1. The summed E-state index contributed by atoms with van der Waals surface area (Å²) in [6, 6.07) is 10.5. The number of methoxy groups -OCH3 is 2. The van der Waals surface area contributed by atoms with Gasteiger partial charge in [0.2, 0.25) is 0 Å². The maximum absolute atomic E-state index is 11.8. The zero-order valence-corrected chi connectivity index (χ0v) is 17.2. The summed E-state index contributed by atoms with van der Waals surface area (Å²) in [6.45, 7) is 0. The molecule has 0 aromatic heterocycles. The van der Waals surface area contributed by atoms with Crippen molar-refractivity contribution in [2.24, 2.45) is 0 Å². The largest absolute Gasteiger partial charge is 0.496 e. The van der Waals surface area contributed by atoms with Crippen molar-refractivity contribution in [2.45, 2.75) is 6.42 Å². The summed E-state index contributed by atoms with van der Waals surface area (Å²) in [7, 11) is -0.764. The Bertz CT molecular complexity index is 1040. The molecule has 0 heterocycles. The van der Waals surface area contributed by atoms with Gasteiger partial charge in [-0.25, -0.2) is 8.42 Å². The van der Waals surface area contributed by atoms with Gasteiger partial charge in [-0.1, -0.05) is 35.3 Å². The van der Waals surface area contributed by atoms with Crippen LogP contribution < -0.4 is 9.47 Å². The van der Waals surface area contributed by atoms with E-state index in [1.807, 2.05) is 12.1 Å². The first-order valence-electron chi connectivity index (χ1n) is 7.71. The summed E-state index contributed by atoms with van der Waals surface area (Å²) < 4.78 is 34.5. The fourth-order valence-corrected chi connectivity index (χ4v) is 3.36. The van der Waals surface area contributed by atoms with Crippen LogP contribution in [-0.4, -0.2) is 28.9 Å². The second-order valence-electron chi connectivity index (χ2n) is 5.69. The lowest BCUT2D eigenvalue weighted by atomic mass is 10.00. The molecule has 0 fully saturated rings. The number of hydrogen-bond acceptors (Lipinski definition) is 5. The molecule has 0 amide bonds. The van der Waals surface area contributed by atoms with Crippen LogP contribution >= 0.6 is 23.2 Å². The van der Waals surface area contributed by atoms with Crippen molar-refractivity contribution in [3.63, 3.8) is 0 Å². The van der Waals surface area contributed by atoms with E-state index in [1.54, 1.807) is 24.3 Å². The number of allylic oxidation sites excluding steroid dienone is 1. The van der Waals surface area contributed by atoms with Crippen LogP contribution in [-0.2, 0) is 16.3 Å². The van der Waals surface area contributed by atoms with Crippen LogP contribution in [0.15, 0.2) is 35.2 Å². The average molecular weight is 426 g/mol. The van der Waals surface area contributed by atoms with Crippen molar-refractivity contribution in [3.8, 4) is 17.6 Å². The molecule has 0 saturated heterocycles. The van der Waals surface area contributed by atoms with Gasteiger partial charge in [0.1, 0.15) is 22.5 Å². The van der Waals surface area contributed by atoms with Crippen molar-refractivity contribution in [2.75, 3.05) is 20.5 Å². The Labute approximate surface area is 168 Å². The van der Waals surface area contributed by atoms with E-state index in [-0.39, 0.29) is 4.91 Å². The Morgan fingerprint density at radius 1 is 1.15 bits per heavy atom. The van der Waals surface area contributed by atoms with E-state index in [1.165, 1.54) is 20.3 Å². The van der Waals surface area contributed by atoms with Crippen LogP contribution in [0.5, 0.6) is 11.5 Å². The molecule has 8 heteroatoms. The van der Waals surface area contributed by atoms with Crippen LogP contribution in [0.3, 0.4) is 0 Å². The lowest BCUT2D eigenvalue weighted by Gasteiger charge is -2.15. The van der Waals surface area contributed by atoms with Crippen LogP contribution in [0, 0.1) is 11.3 Å². The Hall–Kier alpha value is -2.20. The predicted molar refractivity (Wildman–Crippen MR) is 107 cm³/mol. The van der Waals surface area contributed by atoms with Gasteiger partial charge in [-0.2, -0.15) is 5.26 Å². The molecule has 0 radical (unpaired) electrons. The molecule has 0 saturated carbocycles. The van der Waals surface area contributed by atoms with Gasteiger partial charge in [-0.15, -0.1) is 0 Å². The molecule has 0 atom stereocenters. The van der Waals surface area contributed by atoms with E-state index in [0.717, 1.165) is 17.4 Å². The molecule has 0 bridgehead atoms. The van der Waals surface area contributed by atoms with Crippen LogP contribution in [0.25, 0.3) is 6.08 Å². The van der Waals surface area contributed by atoms with Gasteiger partial charge in [0, 0.05) is 12.7 Å². The third kappa shape index (κ3) is 4.95. The van der Waals surface area contributed by atoms with Crippen molar-refractivity contribution in [1.29, 1.82) is 5.26 Å². The van der Waals surface area contributed by atoms with Crippen molar-refractivity contribution in [1.82, 2.24) is 0 Å². The summed E-state index contributed by atoms with van der Waals surface area (Å²) in [4.78, 5) is -0.384. The Kier molecular flexibility index (Phi) is 6.77. The van der Waals surface area contributed by atoms with E-state index in [4.69, 9.17) is 32.7 Å². The van der Waals surface area contributed by atoms with Gasteiger partial charge in [0.15, 0.2) is 9.84 Å². The maximum Gasteiger partial charge on any atom is 0.185 e. The zero-order valence-electron chi connectivity index (χ0n) is 14.9. The summed E-state index contributed by atoms with van der Waals surface area (Å²) in [5.74, 6) is 0.804. The van der Waals surface area contributed by atoms with E-state index in [9.17, 15) is 13.7 Å². The molecule has 0 aliphatic rings. The SMILES string of the molecule is COc1ccc(Cc2ccc(Cl)c(Cl)c2)c(OC)c1/C=C(\C#N)S(C)(=O)=O. The van der Waals surface area contributed by atoms with E-state index in [2.05, 4.69) is 0 Å². The predicted octanol–water partition coefficient (Wildman–Crippen LogP) is 4.51. The number of nitriles is 1. The van der Waals surface area contributed by atoms with Crippen LogP contribution in [0.2, 0.25) is 10.0 Å². The smallest absolute Gasteiger partial charge is 0.185 e. The zero-order chi connectivity index (χ0) is 20.2. The molecule has 142 valence electrons. The highest BCUT2D eigenvalue weighted by Gasteiger charge is 2.18. The van der Waals surface area contributed by atoms with Gasteiger partial charge in [-0.3, -0.25) is 0 Å². The van der Waals surface area contributed by atoms with E-state index >= 15 is 0 Å². The molecule has 0 aliphatic carbocycles. The Balaban J connectivity index is 2.63. The highest BCUT2D eigenvalue weighted by Crippen LogP contribution is 2.36. The van der Waals surface area contributed by atoms with Crippen molar-refractivity contribution >= 4 is 39.1 Å². The Morgan fingerprint density at radius 3 is 2.37 bits per heavy atom. The molecule has 0 spiro atoms. The number of rotatable bonds is 6. The fourth-order valence-electron chi connectivity index (χ4n) is 2.54. The summed E-state index contributed by atoms with van der Waals surface area (Å²) in [6.07, 6.45) is 2.69. The third-order valence-electron chi connectivity index (χ3n) is 3.83. The minimum atomic E-state index is -3.69. The highest BCUT2D eigenvalue weighted by atomic mass is 35.5. The molecule has 0 unspecified atom stereocenters. The molecular formula is C19H17Cl2NO4S. The fraction of sp³-hybridized carbons (Fsp3) is 0.211. The second kappa shape index (κ2) is 8.66. The number of halogens is 2. The van der Waals surface area contributed by atoms with Gasteiger partial charge in [0.25, 0.3) is 0 Å². The highest BCUT2D eigenvalue weighted by molar-refractivity contribution is 7.95. The maximum atomic E-state index is 11.8. The molecular weight excluding hydrogens is 409 g/mol. The topological polar surface area (TPSA) is 76.4 Å². The van der Waals surface area contributed by atoms with E-state index in [0.29, 0.717) is 33.5 Å². The van der Waals surface area contributed by atoms with Gasteiger partial charge < -0.3 is 9.47 Å². The monoisotopic (exact) mass is 425 g/mol. The molecule has 5 nitrogen and oxygen atoms in total. The quantitative estimate of drug-likeness (QED) is 0.636. The summed E-state index contributed by atoms with van der Waals surface area (Å²) in [5.41, 5.74) is 2.04. The lowest BCUT2D eigenvalue weighted by molar-refractivity contribution is 0.390. The van der Waals surface area contributed by atoms with Gasteiger partial charge >= 0.3 is 0 Å². The lowest BCUT2D eigenvalue weighted by Crippen LogP contribution is -2.02. The molecule has 2 rings (SSSR count).